The first-order chi connectivity index (χ1) is 15.6. The van der Waals surface area contributed by atoms with Crippen LogP contribution in [0.25, 0.3) is 0 Å². The summed E-state index contributed by atoms with van der Waals surface area (Å²) in [6.45, 7) is 2.89. The molecule has 0 bridgehead atoms. The van der Waals surface area contributed by atoms with Crippen LogP contribution in [-0.2, 0) is 19.6 Å². The zero-order valence-electron chi connectivity index (χ0n) is 18.3. The summed E-state index contributed by atoms with van der Waals surface area (Å²) in [5.41, 5.74) is 1.07. The maximum atomic E-state index is 13.6. The highest BCUT2D eigenvalue weighted by molar-refractivity contribution is 7.89. The largest absolute Gasteiger partial charge is 0.357 e. The molecule has 1 unspecified atom stereocenters. The van der Waals surface area contributed by atoms with Crippen molar-refractivity contribution >= 4 is 21.8 Å². The summed E-state index contributed by atoms with van der Waals surface area (Å²) in [5, 5.41) is 4.93. The molecule has 0 aliphatic carbocycles. The second-order valence-electron chi connectivity index (χ2n) is 7.78. The lowest BCUT2D eigenvalue weighted by molar-refractivity contribution is -0.129. The monoisotopic (exact) mass is 480 g/mol. The van der Waals surface area contributed by atoms with Gasteiger partial charge in [-0.25, -0.2) is 17.2 Å². The van der Waals surface area contributed by atoms with Crippen LogP contribution in [-0.4, -0.2) is 69.2 Å². The van der Waals surface area contributed by atoms with Gasteiger partial charge >= 0.3 is 0 Å². The van der Waals surface area contributed by atoms with E-state index in [0.29, 0.717) is 13.1 Å². The summed E-state index contributed by atoms with van der Waals surface area (Å²) in [5.74, 6) is -3.26. The van der Waals surface area contributed by atoms with Crippen LogP contribution in [0.1, 0.15) is 17.2 Å². The molecule has 1 fully saturated rings. The Morgan fingerprint density at radius 3 is 2.21 bits per heavy atom. The molecule has 0 spiro atoms. The van der Waals surface area contributed by atoms with Crippen molar-refractivity contribution in [2.24, 2.45) is 0 Å². The molecule has 1 heterocycles. The predicted octanol–water partition coefficient (Wildman–Crippen LogP) is 1.18. The maximum Gasteiger partial charge on any atom is 0.246 e. The fourth-order valence-corrected chi connectivity index (χ4v) is 4.96. The number of benzene rings is 2. The van der Waals surface area contributed by atoms with Crippen LogP contribution in [0.3, 0.4) is 0 Å². The average molecular weight is 481 g/mol. The summed E-state index contributed by atoms with van der Waals surface area (Å²) < 4.78 is 53.9. The Kier molecular flexibility index (Phi) is 7.77. The molecule has 33 heavy (non-hydrogen) atoms. The second-order valence-corrected chi connectivity index (χ2v) is 9.72. The molecule has 8 nitrogen and oxygen atoms in total. The zero-order valence-corrected chi connectivity index (χ0v) is 19.2. The molecule has 0 aromatic heterocycles. The number of carbonyl (C=O) groups is 2. The number of hydrogen-bond donors (Lipinski definition) is 2. The van der Waals surface area contributed by atoms with Crippen LogP contribution >= 0.6 is 0 Å². The van der Waals surface area contributed by atoms with Gasteiger partial charge < -0.3 is 10.6 Å². The van der Waals surface area contributed by atoms with Gasteiger partial charge in [0.1, 0.15) is 6.04 Å². The number of nitrogens with one attached hydrogen (secondary N) is 2. The first kappa shape index (κ1) is 24.7. The fraction of sp³-hybridized carbons (Fsp3) is 0.364. The molecule has 1 atom stereocenters. The van der Waals surface area contributed by atoms with Crippen LogP contribution in [0.5, 0.6) is 0 Å². The summed E-state index contributed by atoms with van der Waals surface area (Å²) in [7, 11) is -2.25. The number of halogens is 2. The van der Waals surface area contributed by atoms with Crippen molar-refractivity contribution in [3.05, 3.63) is 65.2 Å². The molecule has 1 aliphatic heterocycles. The van der Waals surface area contributed by atoms with Crippen LogP contribution < -0.4 is 10.6 Å². The number of piperazine rings is 1. The van der Waals surface area contributed by atoms with Crippen molar-refractivity contribution in [3.8, 4) is 0 Å². The second kappa shape index (κ2) is 10.4. The summed E-state index contributed by atoms with van der Waals surface area (Å²) in [6.07, 6.45) is 0. The number of aryl methyl sites for hydroxylation is 1. The Morgan fingerprint density at radius 2 is 1.64 bits per heavy atom. The lowest BCUT2D eigenvalue weighted by atomic mass is 10.1. The Balaban J connectivity index is 1.60. The lowest BCUT2D eigenvalue weighted by Crippen LogP contribution is -2.51. The number of likely N-dealkylation sites (N-methyl/N-ethyl adjacent to an activating group) is 1. The van der Waals surface area contributed by atoms with Gasteiger partial charge in [-0.15, -0.1) is 0 Å². The van der Waals surface area contributed by atoms with Gasteiger partial charge in [0.25, 0.3) is 0 Å². The number of nitrogens with zero attached hydrogens (tertiary/aromatic N) is 2. The molecular weight excluding hydrogens is 454 g/mol. The van der Waals surface area contributed by atoms with Crippen LogP contribution in [0.4, 0.5) is 8.78 Å². The Hall–Kier alpha value is -2.89. The van der Waals surface area contributed by atoms with E-state index in [4.69, 9.17) is 0 Å². The quantitative estimate of drug-likeness (QED) is 0.620. The molecule has 1 saturated heterocycles. The Morgan fingerprint density at radius 1 is 1.00 bits per heavy atom. The first-order valence-corrected chi connectivity index (χ1v) is 11.8. The molecule has 2 N–H and O–H groups in total. The molecule has 0 saturated carbocycles. The van der Waals surface area contributed by atoms with E-state index in [1.54, 1.807) is 29.2 Å². The van der Waals surface area contributed by atoms with Gasteiger partial charge in [-0.05, 0) is 36.8 Å². The molecular formula is C22H26F2N4O4S. The number of carbonyl (C=O) groups excluding carboxylic acids is 2. The molecule has 178 valence electrons. The van der Waals surface area contributed by atoms with Gasteiger partial charge in [0.15, 0.2) is 11.6 Å². The molecule has 2 amide bonds. The van der Waals surface area contributed by atoms with E-state index in [-0.39, 0.29) is 30.1 Å². The van der Waals surface area contributed by atoms with Gasteiger partial charge in [-0.3, -0.25) is 14.5 Å². The molecule has 2 aromatic carbocycles. The SMILES string of the molecule is CNC(=O)C(NC(=O)CN1CCN(S(=O)(=O)c2ccc(C)cc2)CC1)c1ccc(F)c(F)c1. The number of amides is 2. The van der Waals surface area contributed by atoms with E-state index in [9.17, 15) is 26.8 Å². The summed E-state index contributed by atoms with van der Waals surface area (Å²) in [6, 6.07) is 8.41. The van der Waals surface area contributed by atoms with Crippen LogP contribution in [0, 0.1) is 18.6 Å². The zero-order chi connectivity index (χ0) is 24.2. The summed E-state index contributed by atoms with van der Waals surface area (Å²) >= 11 is 0. The van der Waals surface area contributed by atoms with E-state index in [2.05, 4.69) is 10.6 Å². The molecule has 0 radical (unpaired) electrons. The topological polar surface area (TPSA) is 98.8 Å². The van der Waals surface area contributed by atoms with E-state index in [1.807, 2.05) is 6.92 Å². The van der Waals surface area contributed by atoms with Gasteiger partial charge in [-0.1, -0.05) is 23.8 Å². The Bertz CT molecular complexity index is 1120. The maximum absolute atomic E-state index is 13.6. The minimum Gasteiger partial charge on any atom is -0.357 e. The summed E-state index contributed by atoms with van der Waals surface area (Å²) in [4.78, 5) is 26.8. The van der Waals surface area contributed by atoms with Crippen molar-refractivity contribution in [1.29, 1.82) is 0 Å². The minimum absolute atomic E-state index is 0.0738. The highest BCUT2D eigenvalue weighted by atomic mass is 32.2. The predicted molar refractivity (Wildman–Crippen MR) is 118 cm³/mol. The third-order valence-corrected chi connectivity index (χ3v) is 7.36. The number of hydrogen-bond acceptors (Lipinski definition) is 5. The molecule has 11 heteroatoms. The minimum atomic E-state index is -3.62. The lowest BCUT2D eigenvalue weighted by Gasteiger charge is -2.33. The van der Waals surface area contributed by atoms with E-state index >= 15 is 0 Å². The van der Waals surface area contributed by atoms with E-state index in [0.717, 1.165) is 17.7 Å². The van der Waals surface area contributed by atoms with Crippen molar-refractivity contribution in [1.82, 2.24) is 19.8 Å². The van der Waals surface area contributed by atoms with Crippen LogP contribution in [0.2, 0.25) is 0 Å². The van der Waals surface area contributed by atoms with Gasteiger partial charge in [0, 0.05) is 33.2 Å². The third kappa shape index (κ3) is 5.92. The fourth-order valence-electron chi connectivity index (χ4n) is 3.53. The highest BCUT2D eigenvalue weighted by Gasteiger charge is 2.30. The van der Waals surface area contributed by atoms with Crippen molar-refractivity contribution in [2.45, 2.75) is 17.9 Å². The molecule has 1 aliphatic rings. The third-order valence-electron chi connectivity index (χ3n) is 5.45. The van der Waals surface area contributed by atoms with Crippen molar-refractivity contribution in [2.75, 3.05) is 39.8 Å². The highest BCUT2D eigenvalue weighted by Crippen LogP contribution is 2.19. The van der Waals surface area contributed by atoms with E-state index < -0.39 is 39.5 Å². The van der Waals surface area contributed by atoms with Gasteiger partial charge in [-0.2, -0.15) is 4.31 Å². The van der Waals surface area contributed by atoms with Crippen molar-refractivity contribution in [3.63, 3.8) is 0 Å². The van der Waals surface area contributed by atoms with Crippen molar-refractivity contribution < 1.29 is 26.8 Å². The van der Waals surface area contributed by atoms with Crippen LogP contribution in [0.15, 0.2) is 47.4 Å². The number of sulfonamides is 1. The average Bonchev–Trinajstić information content (AvgIpc) is 2.79. The van der Waals surface area contributed by atoms with E-state index in [1.165, 1.54) is 17.4 Å². The first-order valence-electron chi connectivity index (χ1n) is 10.4. The molecule has 3 rings (SSSR count). The van der Waals surface area contributed by atoms with Gasteiger partial charge in [0.2, 0.25) is 21.8 Å². The standard InChI is InChI=1S/C22H26F2N4O4S/c1-15-3-6-17(7-4-15)33(31,32)28-11-9-27(10-12-28)14-20(29)26-21(22(30)25-2)16-5-8-18(23)19(24)13-16/h3-8,13,21H,9-12,14H2,1-2H3,(H,25,30)(H,26,29). The Labute approximate surface area is 191 Å². The molecule has 2 aromatic rings. The smallest absolute Gasteiger partial charge is 0.246 e. The van der Waals surface area contributed by atoms with Gasteiger partial charge in [0.05, 0.1) is 11.4 Å². The normalized spacial score (nSPS) is 16.2. The number of rotatable bonds is 7.